The second-order valence-electron chi connectivity index (χ2n) is 6.87. The Balaban J connectivity index is 1.46. The molecule has 0 amide bonds. The molecule has 31 heavy (non-hydrogen) atoms. The number of carbonyl (C=O) groups excluding carboxylic acids is 1. The molecular formula is C27H22O4. The first-order chi connectivity index (χ1) is 15.3. The van der Waals surface area contributed by atoms with E-state index in [0.717, 1.165) is 11.1 Å². The molecule has 0 saturated heterocycles. The fourth-order valence-electron chi connectivity index (χ4n) is 3.03. The Morgan fingerprint density at radius 1 is 0.581 bits per heavy atom. The van der Waals surface area contributed by atoms with Gasteiger partial charge in [-0.25, -0.2) is 4.79 Å². The predicted molar refractivity (Wildman–Crippen MR) is 119 cm³/mol. The molecule has 0 aliphatic carbocycles. The van der Waals surface area contributed by atoms with Crippen molar-refractivity contribution in [3.63, 3.8) is 0 Å². The van der Waals surface area contributed by atoms with Crippen molar-refractivity contribution in [1.29, 1.82) is 0 Å². The van der Waals surface area contributed by atoms with E-state index in [1.54, 1.807) is 24.3 Å². The SMILES string of the molecule is O=C(OCc1ccccc1Oc1ccccc1OCc1ccccc1)c1ccccc1. The van der Waals surface area contributed by atoms with E-state index >= 15 is 0 Å². The molecular weight excluding hydrogens is 388 g/mol. The maximum atomic E-state index is 12.3. The minimum atomic E-state index is -0.373. The van der Waals surface area contributed by atoms with E-state index in [-0.39, 0.29) is 12.6 Å². The molecule has 0 aliphatic rings. The lowest BCUT2D eigenvalue weighted by Crippen LogP contribution is -2.05. The predicted octanol–water partition coefficient (Wildman–Crippen LogP) is 6.41. The van der Waals surface area contributed by atoms with Crippen molar-refractivity contribution in [2.24, 2.45) is 0 Å². The summed E-state index contributed by atoms with van der Waals surface area (Å²) < 4.78 is 17.6. The first-order valence-electron chi connectivity index (χ1n) is 10.0. The zero-order valence-electron chi connectivity index (χ0n) is 16.9. The number of carbonyl (C=O) groups is 1. The molecule has 4 aromatic carbocycles. The highest BCUT2D eigenvalue weighted by atomic mass is 16.5. The van der Waals surface area contributed by atoms with Gasteiger partial charge in [0.15, 0.2) is 11.5 Å². The number of hydrogen-bond donors (Lipinski definition) is 0. The maximum Gasteiger partial charge on any atom is 0.338 e. The van der Waals surface area contributed by atoms with Gasteiger partial charge < -0.3 is 14.2 Å². The van der Waals surface area contributed by atoms with Crippen LogP contribution in [0.15, 0.2) is 109 Å². The molecule has 0 fully saturated rings. The van der Waals surface area contributed by atoms with Gasteiger partial charge in [-0.2, -0.15) is 0 Å². The molecule has 0 heterocycles. The van der Waals surface area contributed by atoms with E-state index in [4.69, 9.17) is 14.2 Å². The molecule has 0 unspecified atom stereocenters. The molecule has 0 saturated carbocycles. The summed E-state index contributed by atoms with van der Waals surface area (Å²) in [5.41, 5.74) is 2.36. The van der Waals surface area contributed by atoms with Crippen molar-refractivity contribution < 1.29 is 19.0 Å². The highest BCUT2D eigenvalue weighted by Gasteiger charge is 2.12. The minimum absolute atomic E-state index is 0.108. The van der Waals surface area contributed by atoms with E-state index in [2.05, 4.69) is 0 Å². The topological polar surface area (TPSA) is 44.8 Å². The molecule has 154 valence electrons. The van der Waals surface area contributed by atoms with Crippen LogP contribution in [-0.2, 0) is 18.0 Å². The Bertz CT molecular complexity index is 1120. The van der Waals surface area contributed by atoms with Crippen LogP contribution >= 0.6 is 0 Å². The van der Waals surface area contributed by atoms with Gasteiger partial charge in [0.2, 0.25) is 0 Å². The summed E-state index contributed by atoms with van der Waals surface area (Å²) in [5.74, 6) is 1.48. The average molecular weight is 410 g/mol. The third kappa shape index (κ3) is 5.52. The van der Waals surface area contributed by atoms with Gasteiger partial charge in [-0.05, 0) is 35.9 Å². The molecule has 4 rings (SSSR count). The van der Waals surface area contributed by atoms with Gasteiger partial charge in [0, 0.05) is 5.56 Å². The molecule has 0 atom stereocenters. The van der Waals surface area contributed by atoms with Crippen LogP contribution in [0.25, 0.3) is 0 Å². The zero-order chi connectivity index (χ0) is 21.3. The smallest absolute Gasteiger partial charge is 0.338 e. The van der Waals surface area contributed by atoms with Crippen LogP contribution in [0.3, 0.4) is 0 Å². The number of rotatable bonds is 8. The van der Waals surface area contributed by atoms with Crippen molar-refractivity contribution in [3.8, 4) is 17.2 Å². The van der Waals surface area contributed by atoms with Crippen LogP contribution in [0, 0.1) is 0 Å². The number of para-hydroxylation sites is 3. The Morgan fingerprint density at radius 2 is 1.16 bits per heavy atom. The van der Waals surface area contributed by atoms with E-state index in [1.807, 2.05) is 84.9 Å². The number of benzene rings is 4. The van der Waals surface area contributed by atoms with Crippen LogP contribution in [0.2, 0.25) is 0 Å². The molecule has 0 bridgehead atoms. The van der Waals surface area contributed by atoms with Crippen LogP contribution < -0.4 is 9.47 Å². The van der Waals surface area contributed by atoms with Gasteiger partial charge in [-0.1, -0.05) is 78.9 Å². The summed E-state index contributed by atoms with van der Waals surface area (Å²) in [6.45, 7) is 0.550. The van der Waals surface area contributed by atoms with Gasteiger partial charge in [0.25, 0.3) is 0 Å². The third-order valence-electron chi connectivity index (χ3n) is 4.65. The normalized spacial score (nSPS) is 10.3. The summed E-state index contributed by atoms with van der Waals surface area (Å²) in [4.78, 5) is 12.3. The average Bonchev–Trinajstić information content (AvgIpc) is 2.84. The molecule has 0 spiro atoms. The monoisotopic (exact) mass is 410 g/mol. The Morgan fingerprint density at radius 3 is 1.90 bits per heavy atom. The van der Waals surface area contributed by atoms with Crippen LogP contribution in [-0.4, -0.2) is 5.97 Å². The van der Waals surface area contributed by atoms with E-state index in [9.17, 15) is 4.79 Å². The molecule has 4 nitrogen and oxygen atoms in total. The van der Waals surface area contributed by atoms with Gasteiger partial charge in [-0.15, -0.1) is 0 Å². The summed E-state index contributed by atoms with van der Waals surface area (Å²) >= 11 is 0. The van der Waals surface area contributed by atoms with Gasteiger partial charge in [0.1, 0.15) is 19.0 Å². The summed E-state index contributed by atoms with van der Waals surface area (Å²) in [7, 11) is 0. The lowest BCUT2D eigenvalue weighted by atomic mass is 10.2. The number of esters is 1. The van der Waals surface area contributed by atoms with E-state index in [0.29, 0.717) is 29.4 Å². The number of ether oxygens (including phenoxy) is 3. The molecule has 4 aromatic rings. The maximum absolute atomic E-state index is 12.3. The quantitative estimate of drug-likeness (QED) is 0.315. The van der Waals surface area contributed by atoms with Crippen molar-refractivity contribution in [2.75, 3.05) is 0 Å². The van der Waals surface area contributed by atoms with Crippen LogP contribution in [0.4, 0.5) is 0 Å². The fourth-order valence-corrected chi connectivity index (χ4v) is 3.03. The van der Waals surface area contributed by atoms with E-state index in [1.165, 1.54) is 0 Å². The second kappa shape index (κ2) is 10.1. The number of hydrogen-bond acceptors (Lipinski definition) is 4. The van der Waals surface area contributed by atoms with Gasteiger partial charge in [-0.3, -0.25) is 0 Å². The van der Waals surface area contributed by atoms with Crippen molar-refractivity contribution in [2.45, 2.75) is 13.2 Å². The minimum Gasteiger partial charge on any atom is -0.485 e. The summed E-state index contributed by atoms with van der Waals surface area (Å²) in [5, 5.41) is 0. The molecule has 4 heteroatoms. The molecule has 0 aliphatic heterocycles. The first kappa shape index (κ1) is 20.2. The summed E-state index contributed by atoms with van der Waals surface area (Å²) in [6, 6.07) is 33.9. The first-order valence-corrected chi connectivity index (χ1v) is 10.0. The Labute approximate surface area is 181 Å². The standard InChI is InChI=1S/C27H22O4/c28-27(22-13-5-2-6-14-22)30-20-23-15-7-8-16-24(23)31-26-18-10-9-17-25(26)29-19-21-11-3-1-4-12-21/h1-18H,19-20H2. The second-order valence-corrected chi connectivity index (χ2v) is 6.87. The van der Waals surface area contributed by atoms with Crippen molar-refractivity contribution in [1.82, 2.24) is 0 Å². The molecule has 0 aromatic heterocycles. The fraction of sp³-hybridized carbons (Fsp3) is 0.0741. The third-order valence-corrected chi connectivity index (χ3v) is 4.65. The zero-order valence-corrected chi connectivity index (χ0v) is 16.9. The largest absolute Gasteiger partial charge is 0.485 e. The van der Waals surface area contributed by atoms with E-state index < -0.39 is 0 Å². The van der Waals surface area contributed by atoms with Crippen molar-refractivity contribution in [3.05, 3.63) is 126 Å². The summed E-state index contributed by atoms with van der Waals surface area (Å²) in [6.07, 6.45) is 0. The van der Waals surface area contributed by atoms with Crippen molar-refractivity contribution >= 4 is 5.97 Å². The highest BCUT2D eigenvalue weighted by Crippen LogP contribution is 2.33. The Hall–Kier alpha value is -4.05. The van der Waals surface area contributed by atoms with Crippen LogP contribution in [0.1, 0.15) is 21.5 Å². The lowest BCUT2D eigenvalue weighted by molar-refractivity contribution is 0.0470. The molecule has 0 radical (unpaired) electrons. The van der Waals surface area contributed by atoms with Gasteiger partial charge in [0.05, 0.1) is 5.56 Å². The lowest BCUT2D eigenvalue weighted by Gasteiger charge is -2.15. The Kier molecular flexibility index (Phi) is 6.61. The highest BCUT2D eigenvalue weighted by molar-refractivity contribution is 5.89. The van der Waals surface area contributed by atoms with Gasteiger partial charge >= 0.3 is 5.97 Å². The van der Waals surface area contributed by atoms with Crippen LogP contribution in [0.5, 0.6) is 17.2 Å². The molecule has 0 N–H and O–H groups in total.